The van der Waals surface area contributed by atoms with Crippen LogP contribution in [0.25, 0.3) is 0 Å². The maximum absolute atomic E-state index is 12.7. The van der Waals surface area contributed by atoms with Gasteiger partial charge in [-0.1, -0.05) is 32.9 Å². The van der Waals surface area contributed by atoms with Crippen molar-refractivity contribution in [1.29, 1.82) is 0 Å². The Balaban J connectivity index is 0.00000480. The van der Waals surface area contributed by atoms with E-state index in [-0.39, 0.29) is 32.7 Å². The van der Waals surface area contributed by atoms with Crippen molar-refractivity contribution in [2.24, 2.45) is 5.41 Å². The van der Waals surface area contributed by atoms with Crippen LogP contribution in [0, 0.1) is 5.41 Å². The Morgan fingerprint density at radius 1 is 1.29 bits per heavy atom. The van der Waals surface area contributed by atoms with Crippen molar-refractivity contribution in [1.82, 2.24) is 0 Å². The van der Waals surface area contributed by atoms with Gasteiger partial charge in [-0.05, 0) is 37.3 Å². The van der Waals surface area contributed by atoms with E-state index in [9.17, 15) is 29.7 Å². The van der Waals surface area contributed by atoms with Crippen molar-refractivity contribution in [2.75, 3.05) is 6.61 Å². The molecule has 0 aromatic rings. The maximum atomic E-state index is 12.7. The molecule has 0 amide bonds. The van der Waals surface area contributed by atoms with Gasteiger partial charge in [-0.3, -0.25) is 4.79 Å². The normalized spacial score (nSPS) is 23.8. The number of hydrogen-bond donors (Lipinski definition) is 3. The smallest absolute Gasteiger partial charge is 0.377 e. The minimum atomic E-state index is -1.96. The standard InChI is InChI=1S/C21H28O9.CH4/c1-10(2)8-12-11(3)15(22)14(9-21(12,4)5)30-20(27)19(26)28-7-6-13-16(23)17(24)18(25)29-13;/h8,13-14,19,23-24,26H,6-7,9H2,1-5H3;1H4. The predicted molar refractivity (Wildman–Crippen MR) is 111 cm³/mol. The Labute approximate surface area is 182 Å². The largest absolute Gasteiger partial charge is 0.505 e. The number of esters is 2. The number of ketones is 1. The molecular weight excluding hydrogens is 408 g/mol. The van der Waals surface area contributed by atoms with Crippen molar-refractivity contribution >= 4 is 17.7 Å². The molecule has 1 aliphatic heterocycles. The Kier molecular flexibility index (Phi) is 8.60. The number of aliphatic hydroxyl groups is 3. The molecule has 0 spiro atoms. The Bertz CT molecular complexity index is 828. The van der Waals surface area contributed by atoms with E-state index in [1.54, 1.807) is 6.92 Å². The molecule has 0 radical (unpaired) electrons. The third-order valence-electron chi connectivity index (χ3n) is 5.03. The fraction of sp³-hybridized carbons (Fsp3) is 0.591. The highest BCUT2D eigenvalue weighted by Crippen LogP contribution is 2.41. The molecule has 1 aliphatic carbocycles. The first-order chi connectivity index (χ1) is 13.8. The summed E-state index contributed by atoms with van der Waals surface area (Å²) in [6, 6.07) is 0. The molecule has 3 N–H and O–H groups in total. The number of carbonyl (C=O) groups excluding carboxylic acids is 3. The van der Waals surface area contributed by atoms with Crippen molar-refractivity contribution in [3.05, 3.63) is 34.3 Å². The summed E-state index contributed by atoms with van der Waals surface area (Å²) in [5.74, 6) is -4.02. The van der Waals surface area contributed by atoms with E-state index in [1.165, 1.54) is 0 Å². The van der Waals surface area contributed by atoms with Gasteiger partial charge >= 0.3 is 11.9 Å². The van der Waals surface area contributed by atoms with Crippen LogP contribution < -0.4 is 0 Å². The third-order valence-corrected chi connectivity index (χ3v) is 5.03. The number of allylic oxidation sites excluding steroid dienone is 3. The van der Waals surface area contributed by atoms with Gasteiger partial charge in [-0.15, -0.1) is 0 Å². The lowest BCUT2D eigenvalue weighted by Crippen LogP contribution is -2.41. The van der Waals surface area contributed by atoms with Gasteiger partial charge < -0.3 is 29.5 Å². The van der Waals surface area contributed by atoms with Crippen LogP contribution in [-0.2, 0) is 28.6 Å². The van der Waals surface area contributed by atoms with E-state index in [1.807, 2.05) is 33.8 Å². The van der Waals surface area contributed by atoms with Gasteiger partial charge in [-0.2, -0.15) is 0 Å². The molecule has 2 aliphatic rings. The number of carbonyl (C=O) groups is 3. The number of ether oxygens (including phenoxy) is 3. The fourth-order valence-corrected chi connectivity index (χ4v) is 3.48. The molecule has 0 saturated carbocycles. The van der Waals surface area contributed by atoms with Crippen LogP contribution in [0.4, 0.5) is 0 Å². The van der Waals surface area contributed by atoms with Gasteiger partial charge in [0.15, 0.2) is 23.8 Å². The molecule has 2 rings (SSSR count). The SMILES string of the molecule is C.CC(C)=CC1=C(C)C(=O)C(OC(=O)C(O)OCCC2OC(=O)C(O)=C2O)CC1(C)C. The van der Waals surface area contributed by atoms with E-state index in [4.69, 9.17) is 14.2 Å². The molecule has 0 aromatic carbocycles. The second-order valence-electron chi connectivity index (χ2n) is 8.28. The molecular formula is C22H32O9. The summed E-state index contributed by atoms with van der Waals surface area (Å²) >= 11 is 0. The minimum absolute atomic E-state index is 0. The van der Waals surface area contributed by atoms with Crippen LogP contribution in [0.1, 0.15) is 54.9 Å². The van der Waals surface area contributed by atoms with Gasteiger partial charge in [-0.25, -0.2) is 9.59 Å². The summed E-state index contributed by atoms with van der Waals surface area (Å²) in [4.78, 5) is 35.9. The van der Waals surface area contributed by atoms with E-state index in [0.717, 1.165) is 11.1 Å². The molecule has 174 valence electrons. The molecule has 3 atom stereocenters. The number of cyclic esters (lactones) is 1. The zero-order valence-corrected chi connectivity index (χ0v) is 17.7. The first-order valence-corrected chi connectivity index (χ1v) is 9.59. The Hall–Kier alpha value is -2.65. The van der Waals surface area contributed by atoms with Crippen LogP contribution in [0.3, 0.4) is 0 Å². The first kappa shape index (κ1) is 26.4. The molecule has 0 saturated heterocycles. The van der Waals surface area contributed by atoms with Crippen LogP contribution in [0.15, 0.2) is 34.3 Å². The number of hydrogen-bond acceptors (Lipinski definition) is 9. The minimum Gasteiger partial charge on any atom is -0.505 e. The quantitative estimate of drug-likeness (QED) is 0.403. The molecule has 9 heteroatoms. The van der Waals surface area contributed by atoms with Crippen LogP contribution >= 0.6 is 0 Å². The van der Waals surface area contributed by atoms with E-state index >= 15 is 0 Å². The summed E-state index contributed by atoms with van der Waals surface area (Å²) < 4.78 is 14.8. The van der Waals surface area contributed by atoms with Crippen molar-refractivity contribution in [3.8, 4) is 0 Å². The molecule has 0 bridgehead atoms. The van der Waals surface area contributed by atoms with E-state index in [0.29, 0.717) is 5.57 Å². The fourth-order valence-electron chi connectivity index (χ4n) is 3.48. The average Bonchev–Trinajstić information content (AvgIpc) is 2.89. The van der Waals surface area contributed by atoms with Crippen molar-refractivity contribution in [3.63, 3.8) is 0 Å². The lowest BCUT2D eigenvalue weighted by molar-refractivity contribution is -0.191. The summed E-state index contributed by atoms with van der Waals surface area (Å²) in [5, 5.41) is 28.6. The van der Waals surface area contributed by atoms with Gasteiger partial charge in [0.05, 0.1) is 6.61 Å². The van der Waals surface area contributed by atoms with Gasteiger partial charge in [0.1, 0.15) is 0 Å². The average molecular weight is 440 g/mol. The summed E-state index contributed by atoms with van der Waals surface area (Å²) in [6.07, 6.45) is -2.02. The van der Waals surface area contributed by atoms with Gasteiger partial charge in [0.2, 0.25) is 5.76 Å². The Morgan fingerprint density at radius 3 is 2.42 bits per heavy atom. The first-order valence-electron chi connectivity index (χ1n) is 9.59. The molecule has 0 aromatic heterocycles. The lowest BCUT2D eigenvalue weighted by atomic mass is 9.70. The number of aliphatic hydroxyl groups excluding tert-OH is 3. The Morgan fingerprint density at radius 2 is 1.90 bits per heavy atom. The predicted octanol–water partition coefficient (Wildman–Crippen LogP) is 2.79. The molecule has 3 unspecified atom stereocenters. The summed E-state index contributed by atoms with van der Waals surface area (Å²) in [5.41, 5.74) is 2.03. The highest BCUT2D eigenvalue weighted by Gasteiger charge is 2.41. The topological polar surface area (TPSA) is 140 Å². The highest BCUT2D eigenvalue weighted by molar-refractivity contribution is 6.01. The second-order valence-corrected chi connectivity index (χ2v) is 8.28. The van der Waals surface area contributed by atoms with Crippen LogP contribution in [0.5, 0.6) is 0 Å². The zero-order valence-electron chi connectivity index (χ0n) is 17.7. The monoisotopic (exact) mass is 440 g/mol. The van der Waals surface area contributed by atoms with Crippen molar-refractivity contribution in [2.45, 2.75) is 73.4 Å². The molecule has 0 fully saturated rings. The second kappa shape index (κ2) is 10.1. The van der Waals surface area contributed by atoms with Gasteiger partial charge in [0.25, 0.3) is 6.29 Å². The van der Waals surface area contributed by atoms with Crippen LogP contribution in [-0.4, -0.2) is 58.1 Å². The number of rotatable bonds is 7. The summed E-state index contributed by atoms with van der Waals surface area (Å²) in [7, 11) is 0. The summed E-state index contributed by atoms with van der Waals surface area (Å²) in [6.45, 7) is 9.17. The molecule has 1 heterocycles. The highest BCUT2D eigenvalue weighted by atomic mass is 16.7. The molecule has 9 nitrogen and oxygen atoms in total. The molecule has 31 heavy (non-hydrogen) atoms. The maximum Gasteiger partial charge on any atom is 0.377 e. The number of Topliss-reactive ketones (excluding diaryl/α,β-unsaturated/α-hetero) is 1. The lowest BCUT2D eigenvalue weighted by Gasteiger charge is -2.36. The zero-order chi connectivity index (χ0) is 22.8. The third kappa shape index (κ3) is 5.95. The van der Waals surface area contributed by atoms with E-state index in [2.05, 4.69) is 0 Å². The van der Waals surface area contributed by atoms with Crippen LogP contribution in [0.2, 0.25) is 0 Å². The van der Waals surface area contributed by atoms with E-state index < -0.39 is 47.4 Å². The van der Waals surface area contributed by atoms with Crippen molar-refractivity contribution < 1.29 is 43.9 Å². The van der Waals surface area contributed by atoms with Gasteiger partial charge in [0, 0.05) is 12.8 Å².